The number of hydrogen-bond donors (Lipinski definition) is 1. The van der Waals surface area contributed by atoms with Gasteiger partial charge in [0.1, 0.15) is 11.4 Å². The third-order valence-electron chi connectivity index (χ3n) is 4.05. The molecule has 0 saturated heterocycles. The van der Waals surface area contributed by atoms with Gasteiger partial charge in [0.15, 0.2) is 4.96 Å². The molecule has 0 radical (unpaired) electrons. The number of benzene rings is 1. The predicted octanol–water partition coefficient (Wildman–Crippen LogP) is 1.84. The number of hydrogen-bond acceptors (Lipinski definition) is 5. The van der Waals surface area contributed by atoms with Gasteiger partial charge < -0.3 is 9.88 Å². The fourth-order valence-electron chi connectivity index (χ4n) is 2.84. The van der Waals surface area contributed by atoms with Crippen molar-refractivity contribution < 1.29 is 4.79 Å². The van der Waals surface area contributed by atoms with Crippen molar-refractivity contribution in [2.24, 2.45) is 0 Å². The third kappa shape index (κ3) is 2.70. The number of amides is 1. The molecule has 0 atom stereocenters. The molecular weight excluding hydrogens is 338 g/mol. The van der Waals surface area contributed by atoms with Crippen LogP contribution in [0.5, 0.6) is 0 Å². The molecule has 1 amide bonds. The monoisotopic (exact) mass is 353 g/mol. The highest BCUT2D eigenvalue weighted by molar-refractivity contribution is 7.15. The maximum Gasteiger partial charge on any atom is 0.271 e. The number of aryl methyl sites for hydroxylation is 1. The molecule has 4 aromatic rings. The normalized spacial score (nSPS) is 11.2. The van der Waals surface area contributed by atoms with E-state index in [9.17, 15) is 9.59 Å². The Morgan fingerprint density at radius 3 is 3.04 bits per heavy atom. The minimum Gasteiger partial charge on any atom is -0.350 e. The SMILES string of the molecule is Cc1nc2ccccc2n1CCNC(=O)c1cnc2sccn2c1=O. The molecule has 7 nitrogen and oxygen atoms in total. The molecular formula is C17H15N5O2S. The van der Waals surface area contributed by atoms with E-state index >= 15 is 0 Å². The Labute approximate surface area is 146 Å². The zero-order valence-electron chi connectivity index (χ0n) is 13.5. The van der Waals surface area contributed by atoms with E-state index < -0.39 is 5.91 Å². The number of nitrogens with one attached hydrogen (secondary N) is 1. The molecule has 0 spiro atoms. The molecule has 0 aliphatic rings. The molecule has 0 aliphatic heterocycles. The van der Waals surface area contributed by atoms with Crippen LogP contribution in [0.4, 0.5) is 0 Å². The van der Waals surface area contributed by atoms with Crippen LogP contribution >= 0.6 is 11.3 Å². The number of thiazole rings is 1. The van der Waals surface area contributed by atoms with Crippen LogP contribution in [0.25, 0.3) is 16.0 Å². The van der Waals surface area contributed by atoms with Crippen molar-refractivity contribution in [3.8, 4) is 0 Å². The number of carbonyl (C=O) groups excluding carboxylic acids is 1. The topological polar surface area (TPSA) is 81.3 Å². The molecule has 0 bridgehead atoms. The second kappa shape index (κ2) is 6.14. The fraction of sp³-hybridized carbons (Fsp3) is 0.176. The van der Waals surface area contributed by atoms with Crippen LogP contribution in [0, 0.1) is 6.92 Å². The van der Waals surface area contributed by atoms with Gasteiger partial charge in [0.05, 0.1) is 11.0 Å². The van der Waals surface area contributed by atoms with Crippen LogP contribution in [0.15, 0.2) is 46.8 Å². The summed E-state index contributed by atoms with van der Waals surface area (Å²) in [6.45, 7) is 2.90. The highest BCUT2D eigenvalue weighted by Gasteiger charge is 2.14. The van der Waals surface area contributed by atoms with E-state index in [-0.39, 0.29) is 11.1 Å². The van der Waals surface area contributed by atoms with Crippen molar-refractivity contribution in [3.63, 3.8) is 0 Å². The summed E-state index contributed by atoms with van der Waals surface area (Å²) < 4.78 is 3.43. The van der Waals surface area contributed by atoms with Crippen molar-refractivity contribution in [1.82, 2.24) is 24.3 Å². The number of imidazole rings is 1. The Hall–Kier alpha value is -3.00. The second-order valence-electron chi connectivity index (χ2n) is 5.59. The van der Waals surface area contributed by atoms with Gasteiger partial charge in [-0.2, -0.15) is 0 Å². The summed E-state index contributed by atoms with van der Waals surface area (Å²) in [4.78, 5) is 33.8. The molecule has 4 rings (SSSR count). The Balaban J connectivity index is 1.51. The first-order valence-corrected chi connectivity index (χ1v) is 8.68. The molecule has 1 aromatic carbocycles. The van der Waals surface area contributed by atoms with Gasteiger partial charge >= 0.3 is 0 Å². The van der Waals surface area contributed by atoms with Gasteiger partial charge in [0, 0.05) is 30.9 Å². The van der Waals surface area contributed by atoms with Crippen molar-refractivity contribution in [1.29, 1.82) is 0 Å². The van der Waals surface area contributed by atoms with Gasteiger partial charge in [-0.1, -0.05) is 12.1 Å². The van der Waals surface area contributed by atoms with Gasteiger partial charge in [-0.25, -0.2) is 9.97 Å². The molecule has 1 N–H and O–H groups in total. The van der Waals surface area contributed by atoms with Crippen LogP contribution in [0.3, 0.4) is 0 Å². The lowest BCUT2D eigenvalue weighted by Gasteiger charge is -2.08. The highest BCUT2D eigenvalue weighted by Crippen LogP contribution is 2.14. The van der Waals surface area contributed by atoms with E-state index in [1.54, 1.807) is 11.6 Å². The summed E-state index contributed by atoms with van der Waals surface area (Å²) in [6, 6.07) is 7.86. The zero-order chi connectivity index (χ0) is 17.4. The lowest BCUT2D eigenvalue weighted by molar-refractivity contribution is 0.0950. The molecule has 0 fully saturated rings. The number of nitrogens with zero attached hydrogens (tertiary/aromatic N) is 4. The summed E-state index contributed by atoms with van der Waals surface area (Å²) in [6.07, 6.45) is 2.95. The standard InChI is InChI=1S/C17H15N5O2S/c1-11-20-13-4-2-3-5-14(13)21(11)7-6-18-15(23)12-10-19-17-22(16(12)24)8-9-25-17/h2-5,8-10H,6-7H2,1H3,(H,18,23). The molecule has 25 heavy (non-hydrogen) atoms. The first kappa shape index (κ1) is 15.5. The van der Waals surface area contributed by atoms with E-state index in [1.807, 2.05) is 35.8 Å². The largest absolute Gasteiger partial charge is 0.350 e. The Kier molecular flexibility index (Phi) is 3.81. The van der Waals surface area contributed by atoms with E-state index in [1.165, 1.54) is 21.9 Å². The summed E-state index contributed by atoms with van der Waals surface area (Å²) in [7, 11) is 0. The molecule has 0 aliphatic carbocycles. The van der Waals surface area contributed by atoms with Gasteiger partial charge in [-0.3, -0.25) is 14.0 Å². The maximum atomic E-state index is 12.3. The van der Waals surface area contributed by atoms with Gasteiger partial charge in [-0.05, 0) is 19.1 Å². The smallest absolute Gasteiger partial charge is 0.271 e. The first-order valence-electron chi connectivity index (χ1n) is 7.80. The van der Waals surface area contributed by atoms with Crippen LogP contribution < -0.4 is 10.9 Å². The quantitative estimate of drug-likeness (QED) is 0.607. The minimum atomic E-state index is -0.417. The lowest BCUT2D eigenvalue weighted by atomic mass is 10.3. The molecule has 0 saturated carbocycles. The van der Waals surface area contributed by atoms with Crippen molar-refractivity contribution in [2.75, 3.05) is 6.54 Å². The predicted molar refractivity (Wildman–Crippen MR) is 96.1 cm³/mol. The Morgan fingerprint density at radius 2 is 2.16 bits per heavy atom. The summed E-state index contributed by atoms with van der Waals surface area (Å²) >= 11 is 1.35. The summed E-state index contributed by atoms with van der Waals surface area (Å²) in [5.41, 5.74) is 1.64. The van der Waals surface area contributed by atoms with E-state index in [4.69, 9.17) is 0 Å². The average molecular weight is 353 g/mol. The van der Waals surface area contributed by atoms with Crippen LogP contribution in [0.1, 0.15) is 16.2 Å². The lowest BCUT2D eigenvalue weighted by Crippen LogP contribution is -2.33. The van der Waals surface area contributed by atoms with Crippen LogP contribution in [0.2, 0.25) is 0 Å². The van der Waals surface area contributed by atoms with E-state index in [0.717, 1.165) is 16.9 Å². The van der Waals surface area contributed by atoms with Gasteiger partial charge in [-0.15, -0.1) is 11.3 Å². The van der Waals surface area contributed by atoms with Crippen molar-refractivity contribution >= 4 is 33.2 Å². The summed E-state index contributed by atoms with van der Waals surface area (Å²) in [5, 5.41) is 4.55. The van der Waals surface area contributed by atoms with Gasteiger partial charge in [0.25, 0.3) is 11.5 Å². The Bertz CT molecular complexity index is 1140. The average Bonchev–Trinajstić information content (AvgIpc) is 3.20. The molecule has 3 aromatic heterocycles. The number of aromatic nitrogens is 4. The number of fused-ring (bicyclic) bond motifs is 2. The van der Waals surface area contributed by atoms with Crippen molar-refractivity contribution in [3.05, 3.63) is 63.8 Å². The van der Waals surface area contributed by atoms with Crippen LogP contribution in [-0.2, 0) is 6.54 Å². The molecule has 8 heteroatoms. The van der Waals surface area contributed by atoms with E-state index in [0.29, 0.717) is 18.1 Å². The first-order chi connectivity index (χ1) is 12.1. The molecule has 3 heterocycles. The molecule has 0 unspecified atom stereocenters. The third-order valence-corrected chi connectivity index (χ3v) is 4.82. The fourth-order valence-corrected chi connectivity index (χ4v) is 3.51. The van der Waals surface area contributed by atoms with Crippen LogP contribution in [-0.4, -0.2) is 31.4 Å². The highest BCUT2D eigenvalue weighted by atomic mass is 32.1. The minimum absolute atomic E-state index is 0.0445. The Morgan fingerprint density at radius 1 is 1.32 bits per heavy atom. The second-order valence-corrected chi connectivity index (χ2v) is 6.46. The maximum absolute atomic E-state index is 12.3. The number of carbonyl (C=O) groups is 1. The summed E-state index contributed by atoms with van der Waals surface area (Å²) in [5.74, 6) is 0.469. The number of para-hydroxylation sites is 2. The van der Waals surface area contributed by atoms with Gasteiger partial charge in [0.2, 0.25) is 0 Å². The molecule has 126 valence electrons. The van der Waals surface area contributed by atoms with Crippen molar-refractivity contribution in [2.45, 2.75) is 13.5 Å². The van der Waals surface area contributed by atoms with E-state index in [2.05, 4.69) is 15.3 Å². The number of rotatable bonds is 4. The zero-order valence-corrected chi connectivity index (χ0v) is 14.3.